The molecular weight excluding hydrogens is 368 g/mol. The molecule has 4 aromatic rings. The van der Waals surface area contributed by atoms with Crippen molar-refractivity contribution in [2.45, 2.75) is 6.92 Å². The summed E-state index contributed by atoms with van der Waals surface area (Å²) in [5.74, 6) is 1.05. The summed E-state index contributed by atoms with van der Waals surface area (Å²) in [6, 6.07) is 19.0. The number of hydrazone groups is 1. The lowest BCUT2D eigenvalue weighted by molar-refractivity contribution is 0.0929. The van der Waals surface area contributed by atoms with Crippen molar-refractivity contribution in [3.63, 3.8) is 0 Å². The van der Waals surface area contributed by atoms with Crippen LogP contribution in [0, 0.1) is 0 Å². The van der Waals surface area contributed by atoms with Crippen molar-refractivity contribution in [2.24, 2.45) is 5.10 Å². The summed E-state index contributed by atoms with van der Waals surface area (Å²) in [6.45, 7) is 2.46. The van der Waals surface area contributed by atoms with Gasteiger partial charge in [-0.25, -0.2) is 5.43 Å². The van der Waals surface area contributed by atoms with E-state index in [-0.39, 0.29) is 5.76 Å². The van der Waals surface area contributed by atoms with Crippen LogP contribution >= 0.6 is 0 Å². The molecule has 0 saturated carbocycles. The molecule has 4 rings (SSSR count). The standard InChI is InChI=1S/C23H20N2O4/c1-3-28-20-10-8-15(12-21(20)27-2)14-24-25-23(26)22-13-18-17-7-5-4-6-16(17)9-11-19(18)29-22/h4-14H,3H2,1-2H3,(H,25,26). The fraction of sp³-hybridized carbons (Fsp3) is 0.130. The van der Waals surface area contributed by atoms with Gasteiger partial charge in [-0.15, -0.1) is 0 Å². The van der Waals surface area contributed by atoms with Gasteiger partial charge in [-0.1, -0.05) is 30.3 Å². The highest BCUT2D eigenvalue weighted by Crippen LogP contribution is 2.28. The van der Waals surface area contributed by atoms with Gasteiger partial charge >= 0.3 is 5.91 Å². The maximum Gasteiger partial charge on any atom is 0.307 e. The second-order valence-electron chi connectivity index (χ2n) is 6.35. The van der Waals surface area contributed by atoms with Crippen molar-refractivity contribution in [3.8, 4) is 11.5 Å². The first-order valence-electron chi connectivity index (χ1n) is 9.25. The Kier molecular flexibility index (Phi) is 5.16. The first-order chi connectivity index (χ1) is 14.2. The van der Waals surface area contributed by atoms with E-state index >= 15 is 0 Å². The van der Waals surface area contributed by atoms with Gasteiger partial charge in [0.2, 0.25) is 0 Å². The average molecular weight is 388 g/mol. The molecule has 0 aliphatic rings. The smallest absolute Gasteiger partial charge is 0.307 e. The van der Waals surface area contributed by atoms with E-state index in [9.17, 15) is 4.79 Å². The number of fused-ring (bicyclic) bond motifs is 3. The number of benzene rings is 3. The third kappa shape index (κ3) is 3.78. The van der Waals surface area contributed by atoms with Gasteiger partial charge in [0.15, 0.2) is 17.3 Å². The highest BCUT2D eigenvalue weighted by molar-refractivity contribution is 6.08. The first kappa shape index (κ1) is 18.6. The molecule has 6 heteroatoms. The number of ether oxygens (including phenoxy) is 2. The van der Waals surface area contributed by atoms with Crippen LogP contribution in [0.1, 0.15) is 23.0 Å². The number of amides is 1. The van der Waals surface area contributed by atoms with E-state index in [2.05, 4.69) is 10.5 Å². The van der Waals surface area contributed by atoms with E-state index in [1.807, 2.05) is 49.4 Å². The predicted octanol–water partition coefficient (Wildman–Crippen LogP) is 4.76. The molecule has 6 nitrogen and oxygen atoms in total. The fourth-order valence-corrected chi connectivity index (χ4v) is 3.16. The molecule has 0 spiro atoms. The van der Waals surface area contributed by atoms with Crippen LogP contribution in [-0.2, 0) is 0 Å². The Morgan fingerprint density at radius 3 is 2.76 bits per heavy atom. The zero-order valence-electron chi connectivity index (χ0n) is 16.1. The number of nitrogens with zero attached hydrogens (tertiary/aromatic N) is 1. The molecule has 1 heterocycles. The Hall–Kier alpha value is -3.80. The van der Waals surface area contributed by atoms with Gasteiger partial charge < -0.3 is 13.9 Å². The van der Waals surface area contributed by atoms with Gasteiger partial charge in [-0.2, -0.15) is 5.10 Å². The molecule has 146 valence electrons. The van der Waals surface area contributed by atoms with Gasteiger partial charge in [0.1, 0.15) is 5.58 Å². The molecule has 1 N–H and O–H groups in total. The molecule has 29 heavy (non-hydrogen) atoms. The molecule has 0 saturated heterocycles. The van der Waals surface area contributed by atoms with Crippen molar-refractivity contribution < 1.29 is 18.7 Å². The molecular formula is C23H20N2O4. The quantitative estimate of drug-likeness (QED) is 0.382. The van der Waals surface area contributed by atoms with Crippen molar-refractivity contribution in [1.82, 2.24) is 5.43 Å². The molecule has 0 aliphatic carbocycles. The van der Waals surface area contributed by atoms with Gasteiger partial charge in [0, 0.05) is 5.39 Å². The van der Waals surface area contributed by atoms with Crippen molar-refractivity contribution in [1.29, 1.82) is 0 Å². The highest BCUT2D eigenvalue weighted by Gasteiger charge is 2.13. The Balaban J connectivity index is 1.52. The van der Waals surface area contributed by atoms with Crippen molar-refractivity contribution in [2.75, 3.05) is 13.7 Å². The Bertz CT molecular complexity index is 1210. The monoisotopic (exact) mass is 388 g/mol. The van der Waals surface area contributed by atoms with Crippen LogP contribution < -0.4 is 14.9 Å². The van der Waals surface area contributed by atoms with Crippen LogP contribution in [0.4, 0.5) is 0 Å². The molecule has 0 aliphatic heterocycles. The van der Waals surface area contributed by atoms with Crippen LogP contribution in [0.3, 0.4) is 0 Å². The zero-order valence-corrected chi connectivity index (χ0v) is 16.1. The second-order valence-corrected chi connectivity index (χ2v) is 6.35. The Morgan fingerprint density at radius 2 is 1.93 bits per heavy atom. The minimum atomic E-state index is -0.417. The predicted molar refractivity (Wildman–Crippen MR) is 113 cm³/mol. The maximum absolute atomic E-state index is 12.4. The molecule has 0 unspecified atom stereocenters. The van der Waals surface area contributed by atoms with E-state index in [4.69, 9.17) is 13.9 Å². The maximum atomic E-state index is 12.4. The molecule has 3 aromatic carbocycles. The summed E-state index contributed by atoms with van der Waals surface area (Å²) in [5, 5.41) is 7.05. The van der Waals surface area contributed by atoms with Crippen LogP contribution in [-0.4, -0.2) is 25.8 Å². The summed E-state index contributed by atoms with van der Waals surface area (Å²) in [6.07, 6.45) is 1.54. The van der Waals surface area contributed by atoms with E-state index in [1.54, 1.807) is 25.3 Å². The lowest BCUT2D eigenvalue weighted by Gasteiger charge is -2.09. The topological polar surface area (TPSA) is 73.1 Å². The minimum absolute atomic E-state index is 0.206. The summed E-state index contributed by atoms with van der Waals surface area (Å²) >= 11 is 0. The summed E-state index contributed by atoms with van der Waals surface area (Å²) in [4.78, 5) is 12.4. The van der Waals surface area contributed by atoms with E-state index in [1.165, 1.54) is 6.21 Å². The van der Waals surface area contributed by atoms with Gasteiger partial charge in [-0.05, 0) is 53.6 Å². The summed E-state index contributed by atoms with van der Waals surface area (Å²) < 4.78 is 16.5. The third-order valence-electron chi connectivity index (χ3n) is 4.52. The minimum Gasteiger partial charge on any atom is -0.493 e. The number of hydrogen-bond donors (Lipinski definition) is 1. The SMILES string of the molecule is CCOc1ccc(C=NNC(=O)c2cc3c(ccc4ccccc43)o2)cc1OC. The average Bonchev–Trinajstić information content (AvgIpc) is 3.20. The lowest BCUT2D eigenvalue weighted by Crippen LogP contribution is -2.16. The van der Waals surface area contributed by atoms with Gasteiger partial charge in [0.05, 0.1) is 19.9 Å². The van der Waals surface area contributed by atoms with Crippen molar-refractivity contribution in [3.05, 3.63) is 72.0 Å². The van der Waals surface area contributed by atoms with Crippen LogP contribution in [0.2, 0.25) is 0 Å². The Labute approximate surface area is 167 Å². The molecule has 0 radical (unpaired) electrons. The number of carbonyl (C=O) groups is 1. The second kappa shape index (κ2) is 8.06. The van der Waals surface area contributed by atoms with E-state index in [0.717, 1.165) is 21.7 Å². The first-order valence-corrected chi connectivity index (χ1v) is 9.25. The largest absolute Gasteiger partial charge is 0.493 e. The fourth-order valence-electron chi connectivity index (χ4n) is 3.16. The van der Waals surface area contributed by atoms with Gasteiger partial charge in [-0.3, -0.25) is 4.79 Å². The van der Waals surface area contributed by atoms with Crippen LogP contribution in [0.25, 0.3) is 21.7 Å². The Morgan fingerprint density at radius 1 is 1.07 bits per heavy atom. The molecule has 0 fully saturated rings. The highest BCUT2D eigenvalue weighted by atomic mass is 16.5. The van der Waals surface area contributed by atoms with Crippen molar-refractivity contribution >= 4 is 33.9 Å². The molecule has 0 atom stereocenters. The molecule has 0 bridgehead atoms. The summed E-state index contributed by atoms with van der Waals surface area (Å²) in [7, 11) is 1.58. The molecule has 1 aromatic heterocycles. The van der Waals surface area contributed by atoms with E-state index in [0.29, 0.717) is 23.7 Å². The van der Waals surface area contributed by atoms with E-state index < -0.39 is 5.91 Å². The van der Waals surface area contributed by atoms with Crippen LogP contribution in [0.5, 0.6) is 11.5 Å². The third-order valence-corrected chi connectivity index (χ3v) is 4.52. The number of hydrogen-bond acceptors (Lipinski definition) is 5. The number of rotatable bonds is 6. The van der Waals surface area contributed by atoms with Crippen LogP contribution in [0.15, 0.2) is 70.2 Å². The normalized spacial score (nSPS) is 11.2. The number of nitrogens with one attached hydrogen (secondary N) is 1. The lowest BCUT2D eigenvalue weighted by atomic mass is 10.1. The summed E-state index contributed by atoms with van der Waals surface area (Å²) in [5.41, 5.74) is 3.92. The number of furan rings is 1. The number of methoxy groups -OCH3 is 1. The zero-order chi connectivity index (χ0) is 20.2. The molecule has 1 amide bonds. The van der Waals surface area contributed by atoms with Gasteiger partial charge in [0.25, 0.3) is 0 Å². The number of carbonyl (C=O) groups excluding carboxylic acids is 1.